The topological polar surface area (TPSA) is 137 Å². The summed E-state index contributed by atoms with van der Waals surface area (Å²) >= 11 is 0. The van der Waals surface area contributed by atoms with E-state index in [1.54, 1.807) is 6.07 Å². The molecule has 0 aromatic heterocycles. The van der Waals surface area contributed by atoms with Crippen LogP contribution in [-0.2, 0) is 16.1 Å². The lowest BCUT2D eigenvalue weighted by Crippen LogP contribution is -2.52. The zero-order valence-corrected chi connectivity index (χ0v) is 15.1. The van der Waals surface area contributed by atoms with Crippen molar-refractivity contribution < 1.29 is 19.1 Å². The molecule has 8 heteroatoms. The lowest BCUT2D eigenvalue weighted by Gasteiger charge is -2.25. The number of hydrogen-bond acceptors (Lipinski definition) is 5. The van der Waals surface area contributed by atoms with Crippen molar-refractivity contribution in [2.24, 2.45) is 5.73 Å². The van der Waals surface area contributed by atoms with Crippen LogP contribution in [0, 0.1) is 0 Å². The second-order valence-corrected chi connectivity index (χ2v) is 6.40. The van der Waals surface area contributed by atoms with Crippen LogP contribution in [0.2, 0.25) is 0 Å². The van der Waals surface area contributed by atoms with E-state index in [0.717, 1.165) is 5.56 Å². The molecule has 0 heterocycles. The lowest BCUT2D eigenvalue weighted by molar-refractivity contribution is -0.121. The van der Waals surface area contributed by atoms with Gasteiger partial charge in [0.2, 0.25) is 5.91 Å². The molecular formula is C19H22N4O4. The number of primary amides is 1. The summed E-state index contributed by atoms with van der Waals surface area (Å²) in [5.74, 6) is -1.24. The highest BCUT2D eigenvalue weighted by Crippen LogP contribution is 2.23. The Balaban J connectivity index is 1.99. The molecule has 0 spiro atoms. The number of anilines is 2. The molecule has 2 aromatic carbocycles. The molecule has 142 valence electrons. The van der Waals surface area contributed by atoms with E-state index in [-0.39, 0.29) is 23.5 Å². The minimum atomic E-state index is -1.29. The normalized spacial score (nSPS) is 10.7. The molecule has 2 aromatic rings. The average molecular weight is 370 g/mol. The van der Waals surface area contributed by atoms with Gasteiger partial charge in [0, 0.05) is 0 Å². The molecule has 0 radical (unpaired) electrons. The Bertz CT molecular complexity index is 850. The summed E-state index contributed by atoms with van der Waals surface area (Å²) in [6.45, 7) is 3.11. The number of amides is 3. The quantitative estimate of drug-likeness (QED) is 0.577. The Morgan fingerprint density at radius 1 is 1.04 bits per heavy atom. The van der Waals surface area contributed by atoms with Crippen molar-refractivity contribution in [2.45, 2.75) is 26.0 Å². The molecule has 0 aliphatic heterocycles. The Morgan fingerprint density at radius 2 is 1.70 bits per heavy atom. The molecule has 0 aliphatic carbocycles. The van der Waals surface area contributed by atoms with Crippen LogP contribution in [0.5, 0.6) is 0 Å². The molecule has 6 N–H and O–H groups in total. The highest BCUT2D eigenvalue weighted by molar-refractivity contribution is 6.06. The van der Waals surface area contributed by atoms with Gasteiger partial charge >= 0.3 is 6.09 Å². The maximum Gasteiger partial charge on any atom is 0.408 e. The molecule has 0 atom stereocenters. The van der Waals surface area contributed by atoms with Crippen LogP contribution in [0.15, 0.2) is 48.5 Å². The number of nitrogens with one attached hydrogen (secondary N) is 2. The first kappa shape index (κ1) is 19.8. The Hall–Kier alpha value is -3.55. The van der Waals surface area contributed by atoms with Crippen LogP contribution in [-0.4, -0.2) is 23.4 Å². The van der Waals surface area contributed by atoms with E-state index in [9.17, 15) is 14.4 Å². The predicted molar refractivity (Wildman–Crippen MR) is 102 cm³/mol. The summed E-state index contributed by atoms with van der Waals surface area (Å²) < 4.78 is 5.12. The zero-order chi connectivity index (χ0) is 20.0. The lowest BCUT2D eigenvalue weighted by atomic mass is 10.0. The Kier molecular flexibility index (Phi) is 6.02. The first-order chi connectivity index (χ1) is 12.7. The summed E-state index contributed by atoms with van der Waals surface area (Å²) in [5.41, 5.74) is 11.0. The van der Waals surface area contributed by atoms with Gasteiger partial charge < -0.3 is 26.8 Å². The number of para-hydroxylation sites is 1. The summed E-state index contributed by atoms with van der Waals surface area (Å²) in [7, 11) is 0. The fourth-order valence-corrected chi connectivity index (χ4v) is 2.24. The third-order valence-corrected chi connectivity index (χ3v) is 3.81. The van der Waals surface area contributed by atoms with Crippen LogP contribution >= 0.6 is 0 Å². The standard InChI is InChI=1S/C19H22N4O4/c1-19(2,23-18(26)27-11-12-7-4-3-5-8-12)17(25)22-14-10-6-9-13(15(14)20)16(21)24/h3-10H,11,20H2,1-2H3,(H2,21,24)(H,22,25)(H,23,26). The number of carbonyl (C=O) groups is 3. The molecule has 0 saturated heterocycles. The molecule has 0 unspecified atom stereocenters. The minimum Gasteiger partial charge on any atom is -0.445 e. The van der Waals surface area contributed by atoms with E-state index < -0.39 is 23.4 Å². The average Bonchev–Trinajstić information content (AvgIpc) is 2.62. The van der Waals surface area contributed by atoms with Crippen molar-refractivity contribution in [3.8, 4) is 0 Å². The molecule has 2 rings (SSSR count). The minimum absolute atomic E-state index is 0.0563. The number of alkyl carbamates (subject to hydrolysis) is 1. The maximum atomic E-state index is 12.5. The Morgan fingerprint density at radius 3 is 2.33 bits per heavy atom. The van der Waals surface area contributed by atoms with Crippen LogP contribution in [0.1, 0.15) is 29.8 Å². The van der Waals surface area contributed by atoms with Gasteiger partial charge in [-0.3, -0.25) is 9.59 Å². The summed E-state index contributed by atoms with van der Waals surface area (Å²) in [6.07, 6.45) is -0.738. The van der Waals surface area contributed by atoms with Gasteiger partial charge in [-0.2, -0.15) is 0 Å². The van der Waals surface area contributed by atoms with E-state index in [4.69, 9.17) is 16.2 Å². The first-order valence-corrected chi connectivity index (χ1v) is 8.19. The van der Waals surface area contributed by atoms with Crippen molar-refractivity contribution in [1.29, 1.82) is 0 Å². The SMILES string of the molecule is CC(C)(NC(=O)OCc1ccccc1)C(=O)Nc1cccc(C(N)=O)c1N. The molecule has 0 bridgehead atoms. The number of ether oxygens (including phenoxy) is 1. The van der Waals surface area contributed by atoms with Gasteiger partial charge in [0.25, 0.3) is 5.91 Å². The highest BCUT2D eigenvalue weighted by atomic mass is 16.5. The van der Waals surface area contributed by atoms with Gasteiger partial charge in [-0.25, -0.2) is 4.79 Å². The molecule has 0 aliphatic rings. The van der Waals surface area contributed by atoms with Gasteiger partial charge in [-0.15, -0.1) is 0 Å². The molecule has 3 amide bonds. The number of benzene rings is 2. The number of rotatable bonds is 6. The van der Waals surface area contributed by atoms with E-state index in [0.29, 0.717) is 0 Å². The van der Waals surface area contributed by atoms with E-state index in [2.05, 4.69) is 10.6 Å². The first-order valence-electron chi connectivity index (χ1n) is 8.19. The molecule has 27 heavy (non-hydrogen) atoms. The fourth-order valence-electron chi connectivity index (χ4n) is 2.24. The fraction of sp³-hybridized carbons (Fsp3) is 0.211. The van der Waals surface area contributed by atoms with Crippen molar-refractivity contribution >= 4 is 29.3 Å². The van der Waals surface area contributed by atoms with Crippen molar-refractivity contribution in [3.05, 3.63) is 59.7 Å². The number of hydrogen-bond donors (Lipinski definition) is 4. The molecule has 0 fully saturated rings. The number of nitrogen functional groups attached to an aromatic ring is 1. The smallest absolute Gasteiger partial charge is 0.408 e. The van der Waals surface area contributed by atoms with Crippen molar-refractivity contribution in [3.63, 3.8) is 0 Å². The summed E-state index contributed by atoms with van der Waals surface area (Å²) in [5, 5.41) is 5.08. The van der Waals surface area contributed by atoms with E-state index >= 15 is 0 Å². The van der Waals surface area contributed by atoms with Crippen LogP contribution in [0.25, 0.3) is 0 Å². The third-order valence-electron chi connectivity index (χ3n) is 3.81. The monoisotopic (exact) mass is 370 g/mol. The predicted octanol–water partition coefficient (Wildman–Crippen LogP) is 2.01. The van der Waals surface area contributed by atoms with Crippen molar-refractivity contribution in [1.82, 2.24) is 5.32 Å². The second-order valence-electron chi connectivity index (χ2n) is 6.40. The summed E-state index contributed by atoms with van der Waals surface area (Å²) in [4.78, 5) is 35.9. The Labute approximate surface area is 156 Å². The molecule has 0 saturated carbocycles. The van der Waals surface area contributed by atoms with Gasteiger partial charge in [0.15, 0.2) is 0 Å². The second kappa shape index (κ2) is 8.22. The van der Waals surface area contributed by atoms with E-state index in [1.165, 1.54) is 26.0 Å². The highest BCUT2D eigenvalue weighted by Gasteiger charge is 2.31. The number of carbonyl (C=O) groups excluding carboxylic acids is 3. The van der Waals surface area contributed by atoms with Crippen LogP contribution in [0.4, 0.5) is 16.2 Å². The van der Waals surface area contributed by atoms with Gasteiger partial charge in [0.05, 0.1) is 16.9 Å². The summed E-state index contributed by atoms with van der Waals surface area (Å²) in [6, 6.07) is 13.7. The molecule has 8 nitrogen and oxygen atoms in total. The zero-order valence-electron chi connectivity index (χ0n) is 15.1. The van der Waals surface area contributed by atoms with Crippen LogP contribution in [0.3, 0.4) is 0 Å². The maximum absolute atomic E-state index is 12.5. The van der Waals surface area contributed by atoms with Crippen molar-refractivity contribution in [2.75, 3.05) is 11.1 Å². The van der Waals surface area contributed by atoms with Gasteiger partial charge in [-0.1, -0.05) is 36.4 Å². The largest absolute Gasteiger partial charge is 0.445 e. The van der Waals surface area contributed by atoms with E-state index in [1.807, 2.05) is 30.3 Å². The van der Waals surface area contributed by atoms with Gasteiger partial charge in [-0.05, 0) is 31.5 Å². The molecular weight excluding hydrogens is 348 g/mol. The third kappa shape index (κ3) is 5.21. The number of nitrogens with two attached hydrogens (primary N) is 2. The van der Waals surface area contributed by atoms with Crippen LogP contribution < -0.4 is 22.1 Å². The van der Waals surface area contributed by atoms with Gasteiger partial charge in [0.1, 0.15) is 12.1 Å².